The first-order chi connectivity index (χ1) is 15.7. The molecule has 3 aromatic rings. The van der Waals surface area contributed by atoms with E-state index >= 15 is 0 Å². The molecule has 6 nitrogen and oxygen atoms in total. The number of nitrogens with zero attached hydrogens (tertiary/aromatic N) is 2. The number of ether oxygens (including phenoxy) is 1. The highest BCUT2D eigenvalue weighted by molar-refractivity contribution is 9.11. The Bertz CT molecular complexity index is 1430. The third-order valence-electron chi connectivity index (χ3n) is 5.04. The molecule has 1 N–H and O–H groups in total. The molecule has 0 fully saturated rings. The number of halogens is 2. The molecule has 0 spiro atoms. The van der Waals surface area contributed by atoms with Gasteiger partial charge in [0.1, 0.15) is 5.75 Å². The van der Waals surface area contributed by atoms with E-state index in [1.807, 2.05) is 30.3 Å². The first kappa shape index (κ1) is 23.7. The number of hydrogen-bond acceptors (Lipinski definition) is 6. The lowest BCUT2D eigenvalue weighted by molar-refractivity contribution is -0.143. The van der Waals surface area contributed by atoms with Crippen LogP contribution in [-0.2, 0) is 9.53 Å². The van der Waals surface area contributed by atoms with Crippen molar-refractivity contribution in [2.45, 2.75) is 32.9 Å². The molecular weight excluding hydrogens is 572 g/mol. The van der Waals surface area contributed by atoms with Crippen LogP contribution < -0.4 is 14.9 Å². The number of thiazole rings is 1. The maximum atomic E-state index is 13.6. The molecule has 1 aliphatic rings. The van der Waals surface area contributed by atoms with E-state index in [0.717, 1.165) is 11.1 Å². The van der Waals surface area contributed by atoms with E-state index in [9.17, 15) is 14.7 Å². The fraction of sp³-hybridized carbons (Fsp3) is 0.208. The molecule has 1 atom stereocenters. The van der Waals surface area contributed by atoms with Gasteiger partial charge in [-0.2, -0.15) is 0 Å². The third-order valence-corrected chi connectivity index (χ3v) is 7.23. The van der Waals surface area contributed by atoms with Crippen LogP contribution in [0, 0.1) is 0 Å². The molecule has 33 heavy (non-hydrogen) atoms. The van der Waals surface area contributed by atoms with Crippen molar-refractivity contribution in [1.82, 2.24) is 4.57 Å². The minimum absolute atomic E-state index is 0.0848. The van der Waals surface area contributed by atoms with E-state index in [4.69, 9.17) is 4.74 Å². The summed E-state index contributed by atoms with van der Waals surface area (Å²) in [4.78, 5) is 31.7. The summed E-state index contributed by atoms with van der Waals surface area (Å²) >= 11 is 7.89. The minimum Gasteiger partial charge on any atom is -0.506 e. The summed E-state index contributed by atoms with van der Waals surface area (Å²) in [6, 6.07) is 12.2. The average Bonchev–Trinajstić information content (AvgIpc) is 3.05. The number of aromatic hydroxyl groups is 1. The second-order valence-electron chi connectivity index (χ2n) is 7.78. The molecular formula is C24H20Br2N2O4S. The lowest BCUT2D eigenvalue weighted by Crippen LogP contribution is -2.40. The summed E-state index contributed by atoms with van der Waals surface area (Å²) in [6.07, 6.45) is 1.44. The molecule has 9 heteroatoms. The second-order valence-corrected chi connectivity index (χ2v) is 10.5. The van der Waals surface area contributed by atoms with Crippen molar-refractivity contribution in [3.05, 3.63) is 93.5 Å². The maximum Gasteiger partial charge on any atom is 0.338 e. The number of esters is 1. The Morgan fingerprint density at radius 3 is 2.45 bits per heavy atom. The molecule has 2 heterocycles. The molecule has 0 radical (unpaired) electrons. The van der Waals surface area contributed by atoms with Gasteiger partial charge in [-0.05, 0) is 82.0 Å². The molecule has 4 rings (SSSR count). The van der Waals surface area contributed by atoms with Crippen LogP contribution in [0.2, 0.25) is 0 Å². The molecule has 0 saturated heterocycles. The average molecular weight is 592 g/mol. The molecule has 0 aliphatic carbocycles. The van der Waals surface area contributed by atoms with Gasteiger partial charge in [0.15, 0.2) is 4.80 Å². The second kappa shape index (κ2) is 9.40. The highest BCUT2D eigenvalue weighted by Crippen LogP contribution is 2.34. The Morgan fingerprint density at radius 1 is 1.21 bits per heavy atom. The topological polar surface area (TPSA) is 80.9 Å². The van der Waals surface area contributed by atoms with Gasteiger partial charge < -0.3 is 9.84 Å². The summed E-state index contributed by atoms with van der Waals surface area (Å²) in [5.74, 6) is -0.401. The molecule has 1 unspecified atom stereocenters. The van der Waals surface area contributed by atoms with Gasteiger partial charge in [-0.1, -0.05) is 41.7 Å². The zero-order valence-corrected chi connectivity index (χ0v) is 22.0. The van der Waals surface area contributed by atoms with Gasteiger partial charge in [0.2, 0.25) is 0 Å². The zero-order valence-electron chi connectivity index (χ0n) is 18.0. The number of phenolic OH excluding ortho intramolecular Hbond substituents is 1. The molecule has 2 aromatic carbocycles. The smallest absolute Gasteiger partial charge is 0.338 e. The van der Waals surface area contributed by atoms with E-state index in [-0.39, 0.29) is 17.4 Å². The standard InChI is InChI=1S/C24H20Br2N2O4S/c1-12(2)32-23(31)19-13(3)27-24-28(20(19)15-7-5-4-6-8-15)22(30)18(33-24)11-14-9-16(25)21(29)17(26)10-14/h4-12,20,29H,1-3H3. The van der Waals surface area contributed by atoms with E-state index in [0.29, 0.717) is 29.5 Å². The van der Waals surface area contributed by atoms with Crippen LogP contribution in [0.4, 0.5) is 0 Å². The van der Waals surface area contributed by atoms with Crippen LogP contribution in [-0.4, -0.2) is 21.7 Å². The molecule has 170 valence electrons. The van der Waals surface area contributed by atoms with Crippen molar-refractivity contribution < 1.29 is 14.6 Å². The van der Waals surface area contributed by atoms with Gasteiger partial charge in [-0.3, -0.25) is 9.36 Å². The Labute approximate surface area is 210 Å². The summed E-state index contributed by atoms with van der Waals surface area (Å²) < 4.78 is 8.53. The predicted octanol–water partition coefficient (Wildman–Crippen LogP) is 4.42. The van der Waals surface area contributed by atoms with Gasteiger partial charge in [-0.15, -0.1) is 0 Å². The number of carbonyl (C=O) groups excluding carboxylic acids is 1. The first-order valence-electron chi connectivity index (χ1n) is 10.1. The summed E-state index contributed by atoms with van der Waals surface area (Å²) in [5.41, 5.74) is 2.14. The number of phenols is 1. The molecule has 0 bridgehead atoms. The van der Waals surface area contributed by atoms with Gasteiger partial charge in [0.05, 0.1) is 36.9 Å². The summed E-state index contributed by atoms with van der Waals surface area (Å²) in [7, 11) is 0. The van der Waals surface area contributed by atoms with E-state index in [2.05, 4.69) is 36.9 Å². The van der Waals surface area contributed by atoms with Crippen molar-refractivity contribution in [2.24, 2.45) is 4.99 Å². The Morgan fingerprint density at radius 2 is 1.85 bits per heavy atom. The largest absolute Gasteiger partial charge is 0.506 e. The van der Waals surface area contributed by atoms with Gasteiger partial charge in [-0.25, -0.2) is 9.79 Å². The number of benzene rings is 2. The monoisotopic (exact) mass is 590 g/mol. The summed E-state index contributed by atoms with van der Waals surface area (Å²) in [6.45, 7) is 5.33. The SMILES string of the molecule is CC1=C(C(=O)OC(C)C)C(c2ccccc2)n2c(sc(=Cc3cc(Br)c(O)c(Br)c3)c2=O)=N1. The van der Waals surface area contributed by atoms with Crippen LogP contribution in [0.3, 0.4) is 0 Å². The maximum absolute atomic E-state index is 13.6. The lowest BCUT2D eigenvalue weighted by atomic mass is 9.96. The molecule has 1 aromatic heterocycles. The lowest BCUT2D eigenvalue weighted by Gasteiger charge is -2.25. The van der Waals surface area contributed by atoms with Crippen LogP contribution in [0.1, 0.15) is 37.9 Å². The number of hydrogen-bond donors (Lipinski definition) is 1. The van der Waals surface area contributed by atoms with Gasteiger partial charge in [0, 0.05) is 0 Å². The van der Waals surface area contributed by atoms with Crippen molar-refractivity contribution in [2.75, 3.05) is 0 Å². The van der Waals surface area contributed by atoms with Crippen LogP contribution in [0.5, 0.6) is 5.75 Å². The fourth-order valence-corrected chi connectivity index (χ4v) is 5.90. The first-order valence-corrected chi connectivity index (χ1v) is 12.5. The van der Waals surface area contributed by atoms with Gasteiger partial charge in [0.25, 0.3) is 5.56 Å². The van der Waals surface area contributed by atoms with Crippen LogP contribution in [0.15, 0.2) is 72.5 Å². The molecule has 0 amide bonds. The fourth-order valence-electron chi connectivity index (χ4n) is 3.63. The van der Waals surface area contributed by atoms with E-state index in [1.54, 1.807) is 43.5 Å². The molecule has 1 aliphatic heterocycles. The molecule has 0 saturated carbocycles. The van der Waals surface area contributed by atoms with Gasteiger partial charge >= 0.3 is 5.97 Å². The number of carbonyl (C=O) groups is 1. The number of fused-ring (bicyclic) bond motifs is 1. The third kappa shape index (κ3) is 4.62. The number of aromatic nitrogens is 1. The van der Waals surface area contributed by atoms with Crippen molar-refractivity contribution >= 4 is 55.2 Å². The number of allylic oxidation sites excluding steroid dienone is 1. The Hall–Kier alpha value is -2.49. The zero-order chi connectivity index (χ0) is 23.9. The Kier molecular flexibility index (Phi) is 6.74. The van der Waals surface area contributed by atoms with Crippen molar-refractivity contribution in [3.8, 4) is 5.75 Å². The number of rotatable bonds is 4. The highest BCUT2D eigenvalue weighted by Gasteiger charge is 2.33. The van der Waals surface area contributed by atoms with E-state index in [1.165, 1.54) is 11.3 Å². The van der Waals surface area contributed by atoms with Crippen LogP contribution in [0.25, 0.3) is 6.08 Å². The van der Waals surface area contributed by atoms with Crippen molar-refractivity contribution in [1.29, 1.82) is 0 Å². The summed E-state index contributed by atoms with van der Waals surface area (Å²) in [5, 5.41) is 9.98. The predicted molar refractivity (Wildman–Crippen MR) is 135 cm³/mol. The van der Waals surface area contributed by atoms with E-state index < -0.39 is 12.0 Å². The minimum atomic E-state index is -0.644. The quantitative estimate of drug-likeness (QED) is 0.456. The highest BCUT2D eigenvalue weighted by atomic mass is 79.9. The Balaban J connectivity index is 1.94. The normalized spacial score (nSPS) is 16.1. The van der Waals surface area contributed by atoms with Crippen molar-refractivity contribution in [3.63, 3.8) is 0 Å². The van der Waals surface area contributed by atoms with Crippen LogP contribution >= 0.6 is 43.2 Å².